The van der Waals surface area contributed by atoms with Crippen molar-refractivity contribution in [2.45, 2.75) is 51.5 Å². The summed E-state index contributed by atoms with van der Waals surface area (Å²) in [6, 6.07) is 18.3. The molecule has 2 saturated heterocycles. The van der Waals surface area contributed by atoms with E-state index in [9.17, 15) is 14.4 Å². The highest BCUT2D eigenvalue weighted by Crippen LogP contribution is 2.32. The maximum atomic E-state index is 13.4. The topological polar surface area (TPSA) is 79.4 Å². The number of hydrogen-bond donors (Lipinski definition) is 0. The molecule has 0 saturated carbocycles. The van der Waals surface area contributed by atoms with Gasteiger partial charge < -0.3 is 24.2 Å². The number of benzene rings is 2. The number of rotatable bonds is 6. The predicted molar refractivity (Wildman–Crippen MR) is 130 cm³/mol. The normalized spacial score (nSPS) is 18.8. The average molecular weight is 480 g/mol. The summed E-state index contributed by atoms with van der Waals surface area (Å²) >= 11 is 0. The van der Waals surface area contributed by atoms with Crippen molar-refractivity contribution in [3.05, 3.63) is 71.8 Å². The van der Waals surface area contributed by atoms with Crippen molar-refractivity contribution in [3.8, 4) is 0 Å². The molecule has 0 spiro atoms. The molecule has 4 rings (SSSR count). The quantitative estimate of drug-likeness (QED) is 0.580. The summed E-state index contributed by atoms with van der Waals surface area (Å²) < 4.78 is 11.0. The van der Waals surface area contributed by atoms with Crippen LogP contribution in [-0.2, 0) is 20.9 Å². The molecule has 2 fully saturated rings. The largest absolute Gasteiger partial charge is 0.461 e. The Bertz CT molecular complexity index is 1040. The molecule has 0 radical (unpaired) electrons. The highest BCUT2D eigenvalue weighted by atomic mass is 16.6. The first kappa shape index (κ1) is 24.6. The standard InChI is InChI=1S/C27H33N3O5/c1-27(2,3)35-26(33)28-14-15-29-22(17-28)18-30(25(29)32)23(21-12-8-5-9-13-21)16-24(31)34-19-20-10-6-4-7-11-20/h4-13,22-23H,14-19H2,1-3H3/t22-,23+/m0/s1. The molecule has 2 aliphatic rings. The van der Waals surface area contributed by atoms with Crippen LogP contribution >= 0.6 is 0 Å². The summed E-state index contributed by atoms with van der Waals surface area (Å²) in [5.74, 6) is -0.365. The van der Waals surface area contributed by atoms with Gasteiger partial charge >= 0.3 is 18.1 Å². The van der Waals surface area contributed by atoms with E-state index >= 15 is 0 Å². The minimum atomic E-state index is -0.579. The van der Waals surface area contributed by atoms with E-state index < -0.39 is 11.6 Å². The number of carbonyl (C=O) groups is 3. The Morgan fingerprint density at radius 1 is 0.971 bits per heavy atom. The van der Waals surface area contributed by atoms with Gasteiger partial charge in [-0.05, 0) is 31.9 Å². The minimum Gasteiger partial charge on any atom is -0.461 e. The minimum absolute atomic E-state index is 0.0545. The zero-order valence-electron chi connectivity index (χ0n) is 20.6. The Kier molecular flexibility index (Phi) is 7.28. The van der Waals surface area contributed by atoms with E-state index in [0.29, 0.717) is 26.2 Å². The first-order valence-electron chi connectivity index (χ1n) is 12.0. The van der Waals surface area contributed by atoms with Crippen molar-refractivity contribution in [3.63, 3.8) is 0 Å². The summed E-state index contributed by atoms with van der Waals surface area (Å²) in [6.45, 7) is 7.37. The Morgan fingerprint density at radius 2 is 1.63 bits per heavy atom. The van der Waals surface area contributed by atoms with Crippen LogP contribution in [0, 0.1) is 0 Å². The molecular formula is C27H33N3O5. The second-order valence-electron chi connectivity index (χ2n) is 9.99. The second kappa shape index (κ2) is 10.4. The fraction of sp³-hybridized carbons (Fsp3) is 0.444. The van der Waals surface area contributed by atoms with E-state index in [1.807, 2.05) is 81.4 Å². The van der Waals surface area contributed by atoms with Crippen molar-refractivity contribution in [2.24, 2.45) is 0 Å². The van der Waals surface area contributed by atoms with Gasteiger partial charge in [-0.25, -0.2) is 9.59 Å². The number of esters is 1. The Balaban J connectivity index is 1.45. The highest BCUT2D eigenvalue weighted by molar-refractivity contribution is 5.80. The lowest BCUT2D eigenvalue weighted by molar-refractivity contribution is -0.146. The Hall–Kier alpha value is -3.55. The number of nitrogens with zero attached hydrogens (tertiary/aromatic N) is 3. The number of piperazine rings is 1. The molecule has 186 valence electrons. The molecule has 0 unspecified atom stereocenters. The molecular weight excluding hydrogens is 446 g/mol. The van der Waals surface area contributed by atoms with Gasteiger partial charge in [0.25, 0.3) is 0 Å². The lowest BCUT2D eigenvalue weighted by Gasteiger charge is -2.37. The molecule has 0 N–H and O–H groups in total. The highest BCUT2D eigenvalue weighted by Gasteiger charge is 2.45. The lowest BCUT2D eigenvalue weighted by Crippen LogP contribution is -2.54. The summed E-state index contributed by atoms with van der Waals surface area (Å²) in [4.78, 5) is 44.0. The fourth-order valence-electron chi connectivity index (χ4n) is 4.52. The number of urea groups is 1. The van der Waals surface area contributed by atoms with Gasteiger partial charge in [-0.1, -0.05) is 60.7 Å². The Labute approximate surface area is 206 Å². The van der Waals surface area contributed by atoms with Crippen molar-refractivity contribution in [2.75, 3.05) is 26.2 Å². The van der Waals surface area contributed by atoms with Crippen LogP contribution in [0.2, 0.25) is 0 Å². The van der Waals surface area contributed by atoms with Gasteiger partial charge in [0, 0.05) is 26.2 Å². The van der Waals surface area contributed by atoms with Crippen molar-refractivity contribution >= 4 is 18.1 Å². The molecule has 3 amide bonds. The molecule has 0 aliphatic carbocycles. The van der Waals surface area contributed by atoms with Crippen LogP contribution in [0.5, 0.6) is 0 Å². The number of carbonyl (C=O) groups excluding carboxylic acids is 3. The van der Waals surface area contributed by atoms with Gasteiger partial charge in [-0.15, -0.1) is 0 Å². The number of hydrogen-bond acceptors (Lipinski definition) is 5. The summed E-state index contributed by atoms with van der Waals surface area (Å²) in [7, 11) is 0. The fourth-order valence-corrected chi connectivity index (χ4v) is 4.52. The van der Waals surface area contributed by atoms with Crippen LogP contribution in [0.3, 0.4) is 0 Å². The Morgan fingerprint density at radius 3 is 2.29 bits per heavy atom. The van der Waals surface area contributed by atoms with E-state index in [1.165, 1.54) is 0 Å². The maximum Gasteiger partial charge on any atom is 0.410 e. The predicted octanol–water partition coefficient (Wildman–Crippen LogP) is 4.22. The van der Waals surface area contributed by atoms with E-state index in [4.69, 9.17) is 9.47 Å². The van der Waals surface area contributed by atoms with Crippen molar-refractivity contribution in [1.82, 2.24) is 14.7 Å². The zero-order valence-corrected chi connectivity index (χ0v) is 20.6. The molecule has 8 heteroatoms. The smallest absolute Gasteiger partial charge is 0.410 e. The van der Waals surface area contributed by atoms with Crippen LogP contribution in [0.25, 0.3) is 0 Å². The summed E-state index contributed by atoms with van der Waals surface area (Å²) in [5.41, 5.74) is 1.21. The number of fused-ring (bicyclic) bond motifs is 1. The van der Waals surface area contributed by atoms with Crippen LogP contribution < -0.4 is 0 Å². The van der Waals surface area contributed by atoms with Crippen LogP contribution in [0.4, 0.5) is 9.59 Å². The van der Waals surface area contributed by atoms with E-state index in [1.54, 1.807) is 14.7 Å². The van der Waals surface area contributed by atoms with Crippen LogP contribution in [0.15, 0.2) is 60.7 Å². The van der Waals surface area contributed by atoms with E-state index in [-0.39, 0.29) is 37.2 Å². The molecule has 2 aliphatic heterocycles. The summed E-state index contributed by atoms with van der Waals surface area (Å²) in [5, 5.41) is 0. The molecule has 8 nitrogen and oxygen atoms in total. The third-order valence-corrected chi connectivity index (χ3v) is 6.20. The molecule has 35 heavy (non-hydrogen) atoms. The van der Waals surface area contributed by atoms with Crippen LogP contribution in [0.1, 0.15) is 44.4 Å². The number of amides is 3. The van der Waals surface area contributed by atoms with Crippen LogP contribution in [-0.4, -0.2) is 70.6 Å². The molecule has 0 bridgehead atoms. The molecule has 2 aromatic rings. The molecule has 2 atom stereocenters. The SMILES string of the molecule is CC(C)(C)OC(=O)N1CCN2C(=O)N([C@H](CC(=O)OCc3ccccc3)c3ccccc3)C[C@@H]2C1. The van der Waals surface area contributed by atoms with Gasteiger partial charge in [0.1, 0.15) is 12.2 Å². The van der Waals surface area contributed by atoms with Gasteiger partial charge in [-0.3, -0.25) is 4.79 Å². The van der Waals surface area contributed by atoms with Gasteiger partial charge in [-0.2, -0.15) is 0 Å². The van der Waals surface area contributed by atoms with E-state index in [2.05, 4.69) is 0 Å². The molecule has 0 aromatic heterocycles. The maximum absolute atomic E-state index is 13.4. The lowest BCUT2D eigenvalue weighted by atomic mass is 10.0. The first-order chi connectivity index (χ1) is 16.7. The molecule has 2 aromatic carbocycles. The second-order valence-corrected chi connectivity index (χ2v) is 9.99. The third-order valence-electron chi connectivity index (χ3n) is 6.20. The van der Waals surface area contributed by atoms with Crippen molar-refractivity contribution < 1.29 is 23.9 Å². The van der Waals surface area contributed by atoms with E-state index in [0.717, 1.165) is 11.1 Å². The van der Waals surface area contributed by atoms with Gasteiger partial charge in [0.2, 0.25) is 0 Å². The van der Waals surface area contributed by atoms with Gasteiger partial charge in [0.15, 0.2) is 0 Å². The average Bonchev–Trinajstić information content (AvgIpc) is 3.17. The number of ether oxygens (including phenoxy) is 2. The van der Waals surface area contributed by atoms with Gasteiger partial charge in [0.05, 0.1) is 18.5 Å². The third kappa shape index (κ3) is 6.12. The first-order valence-corrected chi connectivity index (χ1v) is 12.0. The summed E-state index contributed by atoms with van der Waals surface area (Å²) in [6.07, 6.45) is -0.314. The van der Waals surface area contributed by atoms with Crippen molar-refractivity contribution in [1.29, 1.82) is 0 Å². The monoisotopic (exact) mass is 479 g/mol. The molecule has 2 heterocycles. The zero-order chi connectivity index (χ0) is 25.0.